The fraction of sp³-hybridized carbons (Fsp3) is 0.722. The van der Waals surface area contributed by atoms with Crippen molar-refractivity contribution in [1.82, 2.24) is 9.21 Å². The van der Waals surface area contributed by atoms with E-state index in [1.165, 1.54) is 30.6 Å². The standard InChI is InChI=1S/C18H28N2O3S2/c1-19(15-8-4-2-5-9-15)17(21)14-16-10-11-18(24-16)25(22,23)20-12-6-3-7-13-20/h10-11,15H,2-9,12-14H2,1H3. The van der Waals surface area contributed by atoms with Crippen LogP contribution in [0.5, 0.6) is 0 Å². The van der Waals surface area contributed by atoms with Crippen molar-refractivity contribution >= 4 is 27.3 Å². The van der Waals surface area contributed by atoms with Crippen LogP contribution in [0.4, 0.5) is 0 Å². The summed E-state index contributed by atoms with van der Waals surface area (Å²) in [7, 11) is -1.50. The van der Waals surface area contributed by atoms with Gasteiger partial charge in [-0.15, -0.1) is 11.3 Å². The number of amides is 1. The summed E-state index contributed by atoms with van der Waals surface area (Å²) in [6.45, 7) is 1.22. The van der Waals surface area contributed by atoms with Gasteiger partial charge in [-0.05, 0) is 37.8 Å². The number of carbonyl (C=O) groups is 1. The predicted octanol–water partition coefficient (Wildman–Crippen LogP) is 3.26. The first kappa shape index (κ1) is 18.9. The number of piperidine rings is 1. The molecule has 1 aliphatic carbocycles. The molecule has 0 atom stereocenters. The summed E-state index contributed by atoms with van der Waals surface area (Å²) in [5.41, 5.74) is 0. The van der Waals surface area contributed by atoms with Gasteiger partial charge >= 0.3 is 0 Å². The Morgan fingerprint density at radius 1 is 1.12 bits per heavy atom. The molecule has 0 bridgehead atoms. The molecular formula is C18H28N2O3S2. The molecule has 0 N–H and O–H groups in total. The number of sulfonamides is 1. The fourth-order valence-electron chi connectivity index (χ4n) is 3.77. The molecule has 1 saturated heterocycles. The molecule has 0 unspecified atom stereocenters. The molecule has 7 heteroatoms. The van der Waals surface area contributed by atoms with Crippen molar-refractivity contribution in [3.63, 3.8) is 0 Å². The molecule has 1 aromatic heterocycles. The van der Waals surface area contributed by atoms with Gasteiger partial charge in [0.05, 0.1) is 6.42 Å². The van der Waals surface area contributed by atoms with Crippen LogP contribution < -0.4 is 0 Å². The number of hydrogen-bond donors (Lipinski definition) is 0. The van der Waals surface area contributed by atoms with Crippen LogP contribution in [0.25, 0.3) is 0 Å². The first-order valence-corrected chi connectivity index (χ1v) is 11.6. The van der Waals surface area contributed by atoms with Gasteiger partial charge in [0, 0.05) is 31.1 Å². The van der Waals surface area contributed by atoms with E-state index in [9.17, 15) is 13.2 Å². The third kappa shape index (κ3) is 4.44. The third-order valence-electron chi connectivity index (χ3n) is 5.39. The summed E-state index contributed by atoms with van der Waals surface area (Å²) < 4.78 is 27.4. The van der Waals surface area contributed by atoms with Crippen molar-refractivity contribution < 1.29 is 13.2 Å². The number of thiophene rings is 1. The number of rotatable bonds is 5. The van der Waals surface area contributed by atoms with Gasteiger partial charge in [-0.25, -0.2) is 8.42 Å². The normalized spacial score (nSPS) is 20.5. The zero-order chi connectivity index (χ0) is 17.9. The van der Waals surface area contributed by atoms with E-state index in [0.29, 0.717) is 29.8 Å². The zero-order valence-corrected chi connectivity index (χ0v) is 16.6. The van der Waals surface area contributed by atoms with Gasteiger partial charge in [0.2, 0.25) is 5.91 Å². The zero-order valence-electron chi connectivity index (χ0n) is 14.9. The Bertz CT molecular complexity index is 687. The highest BCUT2D eigenvalue weighted by Gasteiger charge is 2.28. The summed E-state index contributed by atoms with van der Waals surface area (Å²) in [5, 5.41) is 0. The second-order valence-corrected chi connectivity index (χ2v) is 10.5. The Labute approximate surface area is 155 Å². The Hall–Kier alpha value is -0.920. The van der Waals surface area contributed by atoms with Crippen molar-refractivity contribution in [1.29, 1.82) is 0 Å². The average molecular weight is 385 g/mol. The lowest BCUT2D eigenvalue weighted by Crippen LogP contribution is -2.39. The van der Waals surface area contributed by atoms with E-state index in [1.54, 1.807) is 16.4 Å². The molecule has 0 aromatic carbocycles. The smallest absolute Gasteiger partial charge is 0.252 e. The van der Waals surface area contributed by atoms with Gasteiger partial charge in [-0.2, -0.15) is 4.31 Å². The van der Waals surface area contributed by atoms with Crippen molar-refractivity contribution in [2.24, 2.45) is 0 Å². The van der Waals surface area contributed by atoms with Crippen molar-refractivity contribution in [3.8, 4) is 0 Å². The maximum atomic E-state index is 12.7. The molecule has 2 fully saturated rings. The minimum Gasteiger partial charge on any atom is -0.342 e. The van der Waals surface area contributed by atoms with Gasteiger partial charge in [-0.3, -0.25) is 4.79 Å². The summed E-state index contributed by atoms with van der Waals surface area (Å²) in [5.74, 6) is 0.0932. The molecule has 1 saturated carbocycles. The molecule has 5 nitrogen and oxygen atoms in total. The van der Waals surface area contributed by atoms with Gasteiger partial charge < -0.3 is 4.90 Å². The van der Waals surface area contributed by atoms with Gasteiger partial charge in [0.1, 0.15) is 4.21 Å². The van der Waals surface area contributed by atoms with Gasteiger partial charge in [-0.1, -0.05) is 25.7 Å². The Balaban J connectivity index is 1.63. The molecular weight excluding hydrogens is 356 g/mol. The minimum absolute atomic E-state index is 0.0932. The van der Waals surface area contributed by atoms with E-state index in [1.807, 2.05) is 11.9 Å². The van der Waals surface area contributed by atoms with E-state index in [2.05, 4.69) is 0 Å². The highest BCUT2D eigenvalue weighted by atomic mass is 32.2. The van der Waals surface area contributed by atoms with E-state index >= 15 is 0 Å². The highest BCUT2D eigenvalue weighted by molar-refractivity contribution is 7.91. The van der Waals surface area contributed by atoms with E-state index < -0.39 is 10.0 Å². The van der Waals surface area contributed by atoms with Gasteiger partial charge in [0.15, 0.2) is 0 Å². The Morgan fingerprint density at radius 2 is 1.76 bits per heavy atom. The van der Waals surface area contributed by atoms with Crippen molar-refractivity contribution in [3.05, 3.63) is 17.0 Å². The van der Waals surface area contributed by atoms with Crippen molar-refractivity contribution in [2.45, 2.75) is 68.0 Å². The molecule has 1 aliphatic heterocycles. The van der Waals surface area contributed by atoms with Gasteiger partial charge in [0.25, 0.3) is 10.0 Å². The first-order chi connectivity index (χ1) is 12.0. The van der Waals surface area contributed by atoms with E-state index in [4.69, 9.17) is 0 Å². The van der Waals surface area contributed by atoms with Crippen molar-refractivity contribution in [2.75, 3.05) is 20.1 Å². The monoisotopic (exact) mass is 384 g/mol. The summed E-state index contributed by atoms with van der Waals surface area (Å²) in [6, 6.07) is 3.81. The number of likely N-dealkylation sites (N-methyl/N-ethyl adjacent to an activating group) is 1. The van der Waals surface area contributed by atoms with E-state index in [0.717, 1.165) is 37.0 Å². The molecule has 3 rings (SSSR count). The molecule has 140 valence electrons. The van der Waals surface area contributed by atoms with Crippen LogP contribution in [-0.2, 0) is 21.2 Å². The molecule has 2 aliphatic rings. The maximum absolute atomic E-state index is 12.7. The number of nitrogens with zero attached hydrogens (tertiary/aromatic N) is 2. The second-order valence-electron chi connectivity index (χ2n) is 7.16. The summed E-state index contributed by atoms with van der Waals surface area (Å²) in [6.07, 6.45) is 9.09. The molecule has 0 spiro atoms. The van der Waals surface area contributed by atoms with Crippen LogP contribution >= 0.6 is 11.3 Å². The lowest BCUT2D eigenvalue weighted by Gasteiger charge is -2.31. The molecule has 1 aromatic rings. The molecule has 1 amide bonds. The summed E-state index contributed by atoms with van der Waals surface area (Å²) in [4.78, 5) is 15.3. The molecule has 2 heterocycles. The Kier molecular flexibility index (Phi) is 6.17. The van der Waals surface area contributed by atoms with Crippen LogP contribution in [0, 0.1) is 0 Å². The fourth-order valence-corrected chi connectivity index (χ4v) is 6.79. The summed E-state index contributed by atoms with van der Waals surface area (Å²) >= 11 is 1.25. The lowest BCUT2D eigenvalue weighted by molar-refractivity contribution is -0.131. The minimum atomic E-state index is -3.39. The molecule has 25 heavy (non-hydrogen) atoms. The highest BCUT2D eigenvalue weighted by Crippen LogP contribution is 2.28. The van der Waals surface area contributed by atoms with Crippen LogP contribution in [-0.4, -0.2) is 49.7 Å². The topological polar surface area (TPSA) is 57.7 Å². The van der Waals surface area contributed by atoms with Crippen LogP contribution in [0.15, 0.2) is 16.3 Å². The predicted molar refractivity (Wildman–Crippen MR) is 100 cm³/mol. The quantitative estimate of drug-likeness (QED) is 0.783. The lowest BCUT2D eigenvalue weighted by atomic mass is 9.94. The number of hydrogen-bond acceptors (Lipinski definition) is 4. The number of carbonyl (C=O) groups excluding carboxylic acids is 1. The van der Waals surface area contributed by atoms with Crippen LogP contribution in [0.2, 0.25) is 0 Å². The van der Waals surface area contributed by atoms with Crippen LogP contribution in [0.3, 0.4) is 0 Å². The largest absolute Gasteiger partial charge is 0.342 e. The third-order valence-corrected chi connectivity index (χ3v) is 8.84. The maximum Gasteiger partial charge on any atom is 0.252 e. The SMILES string of the molecule is CN(C(=O)Cc1ccc(S(=O)(=O)N2CCCCC2)s1)C1CCCCC1. The molecule has 0 radical (unpaired) electrons. The Morgan fingerprint density at radius 3 is 2.44 bits per heavy atom. The second kappa shape index (κ2) is 8.18. The van der Waals surface area contributed by atoms with Crippen LogP contribution in [0.1, 0.15) is 56.2 Å². The average Bonchev–Trinajstić information content (AvgIpc) is 3.12. The first-order valence-electron chi connectivity index (χ1n) is 9.33. The van der Waals surface area contributed by atoms with E-state index in [-0.39, 0.29) is 5.91 Å².